The highest BCUT2D eigenvalue weighted by Crippen LogP contribution is 2.31. The van der Waals surface area contributed by atoms with Gasteiger partial charge in [0.25, 0.3) is 0 Å². The fraction of sp³-hybridized carbons (Fsp3) is 0.188. The molecule has 1 aromatic carbocycles. The summed E-state index contributed by atoms with van der Waals surface area (Å²) in [4.78, 5) is 4.45. The fourth-order valence-electron chi connectivity index (χ4n) is 2.00. The Morgan fingerprint density at radius 1 is 1.18 bits per heavy atom. The zero-order chi connectivity index (χ0) is 12.3. The quantitative estimate of drug-likeness (QED) is 0.747. The number of rotatable bonds is 3. The molecule has 2 rings (SSSR count). The molecule has 86 valence electrons. The second-order valence-electron chi connectivity index (χ2n) is 4.17. The Morgan fingerprint density at radius 3 is 2.65 bits per heavy atom. The molecular weight excluding hydrogens is 206 g/mol. The second kappa shape index (κ2) is 4.96. The molecule has 0 unspecified atom stereocenters. The Labute approximate surface area is 103 Å². The predicted octanol–water partition coefficient (Wildman–Crippen LogP) is 4.48. The number of aromatic nitrogens is 1. The first-order chi connectivity index (χ1) is 8.24. The van der Waals surface area contributed by atoms with E-state index in [4.69, 9.17) is 0 Å². The van der Waals surface area contributed by atoms with E-state index in [1.54, 1.807) is 0 Å². The second-order valence-corrected chi connectivity index (χ2v) is 4.17. The molecule has 0 aliphatic rings. The van der Waals surface area contributed by atoms with Crippen LogP contribution in [0.5, 0.6) is 0 Å². The lowest BCUT2D eigenvalue weighted by Crippen LogP contribution is -1.93. The van der Waals surface area contributed by atoms with Crippen molar-refractivity contribution in [1.29, 1.82) is 0 Å². The van der Waals surface area contributed by atoms with Crippen molar-refractivity contribution in [3.05, 3.63) is 60.3 Å². The SMILES string of the molecule is C=C(CC)c1cccc(C)c1-c1ccccn1. The van der Waals surface area contributed by atoms with Crippen molar-refractivity contribution >= 4 is 5.57 Å². The standard InChI is InChI=1S/C16H17N/c1-4-12(2)14-9-7-8-13(3)16(14)15-10-5-6-11-17-15/h5-11H,2,4H2,1,3H3. The summed E-state index contributed by atoms with van der Waals surface area (Å²) in [5, 5.41) is 0. The van der Waals surface area contributed by atoms with Crippen LogP contribution in [0.4, 0.5) is 0 Å². The van der Waals surface area contributed by atoms with E-state index in [1.807, 2.05) is 18.3 Å². The number of pyridine rings is 1. The number of hydrogen-bond acceptors (Lipinski definition) is 1. The maximum atomic E-state index is 4.45. The normalized spacial score (nSPS) is 10.2. The highest BCUT2D eigenvalue weighted by atomic mass is 14.7. The summed E-state index contributed by atoms with van der Waals surface area (Å²) < 4.78 is 0. The van der Waals surface area contributed by atoms with E-state index in [2.05, 4.69) is 49.7 Å². The van der Waals surface area contributed by atoms with Crippen LogP contribution in [-0.2, 0) is 0 Å². The van der Waals surface area contributed by atoms with Crippen LogP contribution in [0.2, 0.25) is 0 Å². The smallest absolute Gasteiger partial charge is 0.0710 e. The molecule has 1 heteroatoms. The Kier molecular flexibility index (Phi) is 3.38. The number of hydrogen-bond donors (Lipinski definition) is 0. The minimum Gasteiger partial charge on any atom is -0.256 e. The van der Waals surface area contributed by atoms with Crippen LogP contribution >= 0.6 is 0 Å². The molecule has 2 aromatic rings. The third-order valence-corrected chi connectivity index (χ3v) is 3.00. The molecule has 0 fully saturated rings. The molecule has 0 radical (unpaired) electrons. The van der Waals surface area contributed by atoms with E-state index in [0.717, 1.165) is 17.7 Å². The zero-order valence-corrected chi connectivity index (χ0v) is 10.4. The topological polar surface area (TPSA) is 12.9 Å². The van der Waals surface area contributed by atoms with Gasteiger partial charge < -0.3 is 0 Å². The Hall–Kier alpha value is -1.89. The number of benzene rings is 1. The summed E-state index contributed by atoms with van der Waals surface area (Å²) in [5.41, 5.74) is 5.85. The van der Waals surface area contributed by atoms with E-state index in [1.165, 1.54) is 16.7 Å². The van der Waals surface area contributed by atoms with Gasteiger partial charge in [0.1, 0.15) is 0 Å². The van der Waals surface area contributed by atoms with Crippen LogP contribution in [0.15, 0.2) is 49.2 Å². The van der Waals surface area contributed by atoms with Crippen LogP contribution in [-0.4, -0.2) is 4.98 Å². The first-order valence-electron chi connectivity index (χ1n) is 5.93. The monoisotopic (exact) mass is 223 g/mol. The van der Waals surface area contributed by atoms with E-state index >= 15 is 0 Å². The number of aryl methyl sites for hydroxylation is 1. The summed E-state index contributed by atoms with van der Waals surface area (Å²) >= 11 is 0. The van der Waals surface area contributed by atoms with Gasteiger partial charge in [0.2, 0.25) is 0 Å². The summed E-state index contributed by atoms with van der Waals surface area (Å²) in [6.07, 6.45) is 2.80. The first-order valence-corrected chi connectivity index (χ1v) is 5.93. The maximum absolute atomic E-state index is 4.45. The average molecular weight is 223 g/mol. The largest absolute Gasteiger partial charge is 0.256 e. The lowest BCUT2D eigenvalue weighted by Gasteiger charge is -2.13. The van der Waals surface area contributed by atoms with Gasteiger partial charge in [0, 0.05) is 11.8 Å². The Balaban J connectivity index is 2.64. The highest BCUT2D eigenvalue weighted by molar-refractivity contribution is 5.80. The van der Waals surface area contributed by atoms with Gasteiger partial charge in [-0.15, -0.1) is 0 Å². The minimum atomic E-state index is 0.962. The van der Waals surface area contributed by atoms with Gasteiger partial charge in [-0.05, 0) is 42.2 Å². The molecule has 0 saturated carbocycles. The van der Waals surface area contributed by atoms with Crippen LogP contribution < -0.4 is 0 Å². The lowest BCUT2D eigenvalue weighted by atomic mass is 9.93. The molecule has 0 saturated heterocycles. The van der Waals surface area contributed by atoms with E-state index in [0.29, 0.717) is 0 Å². The molecule has 0 N–H and O–H groups in total. The molecule has 0 bridgehead atoms. The summed E-state index contributed by atoms with van der Waals surface area (Å²) in [6.45, 7) is 8.40. The van der Waals surface area contributed by atoms with Gasteiger partial charge in [-0.3, -0.25) is 4.98 Å². The van der Waals surface area contributed by atoms with Crippen molar-refractivity contribution in [1.82, 2.24) is 4.98 Å². The van der Waals surface area contributed by atoms with Crippen LogP contribution in [0.25, 0.3) is 16.8 Å². The van der Waals surface area contributed by atoms with Gasteiger partial charge in [-0.1, -0.05) is 37.8 Å². The molecule has 0 aliphatic carbocycles. The maximum Gasteiger partial charge on any atom is 0.0710 e. The zero-order valence-electron chi connectivity index (χ0n) is 10.4. The molecule has 0 spiro atoms. The van der Waals surface area contributed by atoms with Gasteiger partial charge >= 0.3 is 0 Å². The predicted molar refractivity (Wildman–Crippen MR) is 73.7 cm³/mol. The molecule has 0 atom stereocenters. The third-order valence-electron chi connectivity index (χ3n) is 3.00. The van der Waals surface area contributed by atoms with Crippen LogP contribution in [0, 0.1) is 6.92 Å². The van der Waals surface area contributed by atoms with Crippen molar-refractivity contribution in [3.8, 4) is 11.3 Å². The molecular formula is C16H17N. The van der Waals surface area contributed by atoms with Crippen molar-refractivity contribution in [2.45, 2.75) is 20.3 Å². The number of allylic oxidation sites excluding steroid dienone is 1. The highest BCUT2D eigenvalue weighted by Gasteiger charge is 2.10. The van der Waals surface area contributed by atoms with Gasteiger partial charge in [-0.25, -0.2) is 0 Å². The van der Waals surface area contributed by atoms with E-state index in [9.17, 15) is 0 Å². The third kappa shape index (κ3) is 2.28. The van der Waals surface area contributed by atoms with E-state index < -0.39 is 0 Å². The van der Waals surface area contributed by atoms with Crippen LogP contribution in [0.3, 0.4) is 0 Å². The van der Waals surface area contributed by atoms with Gasteiger partial charge in [-0.2, -0.15) is 0 Å². The van der Waals surface area contributed by atoms with Crippen molar-refractivity contribution in [2.24, 2.45) is 0 Å². The molecule has 1 aromatic heterocycles. The molecule has 1 heterocycles. The summed E-state index contributed by atoms with van der Waals surface area (Å²) in [6, 6.07) is 12.3. The lowest BCUT2D eigenvalue weighted by molar-refractivity contribution is 1.23. The van der Waals surface area contributed by atoms with Gasteiger partial charge in [0.05, 0.1) is 5.69 Å². The Morgan fingerprint density at radius 2 is 2.00 bits per heavy atom. The van der Waals surface area contributed by atoms with Crippen LogP contribution in [0.1, 0.15) is 24.5 Å². The Bertz CT molecular complexity index is 526. The van der Waals surface area contributed by atoms with E-state index in [-0.39, 0.29) is 0 Å². The van der Waals surface area contributed by atoms with Crippen molar-refractivity contribution in [3.63, 3.8) is 0 Å². The fourth-order valence-corrected chi connectivity index (χ4v) is 2.00. The molecule has 0 amide bonds. The first kappa shape index (κ1) is 11.6. The van der Waals surface area contributed by atoms with Crippen molar-refractivity contribution < 1.29 is 0 Å². The number of nitrogens with zero attached hydrogens (tertiary/aromatic N) is 1. The molecule has 17 heavy (non-hydrogen) atoms. The van der Waals surface area contributed by atoms with Crippen molar-refractivity contribution in [2.75, 3.05) is 0 Å². The summed E-state index contributed by atoms with van der Waals surface area (Å²) in [7, 11) is 0. The molecule has 0 aliphatic heterocycles. The van der Waals surface area contributed by atoms with Gasteiger partial charge in [0.15, 0.2) is 0 Å². The average Bonchev–Trinajstić information content (AvgIpc) is 2.38. The molecule has 1 nitrogen and oxygen atoms in total. The minimum absolute atomic E-state index is 0.962. The summed E-state index contributed by atoms with van der Waals surface area (Å²) in [5.74, 6) is 0.